The molecule has 0 unspecified atom stereocenters. The second-order valence-electron chi connectivity index (χ2n) is 5.29. The summed E-state index contributed by atoms with van der Waals surface area (Å²) in [5, 5.41) is 9.25. The number of carbonyl (C=O) groups excluding carboxylic acids is 1. The van der Waals surface area contributed by atoms with Gasteiger partial charge in [0, 0.05) is 49.9 Å². The lowest BCUT2D eigenvalue weighted by Gasteiger charge is -2.12. The second kappa shape index (κ2) is 11.9. The summed E-state index contributed by atoms with van der Waals surface area (Å²) in [5.74, 6) is 0.698. The first-order valence-electron chi connectivity index (χ1n) is 8.14. The molecule has 0 atom stereocenters. The lowest BCUT2D eigenvalue weighted by atomic mass is 10.2. The van der Waals surface area contributed by atoms with Gasteiger partial charge in [-0.25, -0.2) is 0 Å². The fourth-order valence-electron chi connectivity index (χ4n) is 2.02. The van der Waals surface area contributed by atoms with Gasteiger partial charge in [-0.3, -0.25) is 9.79 Å². The number of nitrogens with one attached hydrogen (secondary N) is 3. The minimum atomic E-state index is -0.0249. The third-order valence-corrected chi connectivity index (χ3v) is 3.72. The number of ether oxygens (including phenoxy) is 1. The van der Waals surface area contributed by atoms with Crippen molar-refractivity contribution in [3.05, 3.63) is 28.2 Å². The quantitative estimate of drug-likeness (QED) is 0.339. The van der Waals surface area contributed by atoms with Gasteiger partial charge in [0.05, 0.1) is 0 Å². The first kappa shape index (κ1) is 20.4. The molecule has 0 aliphatic heterocycles. The summed E-state index contributed by atoms with van der Waals surface area (Å²) in [7, 11) is 1.68. The summed E-state index contributed by atoms with van der Waals surface area (Å²) in [6.45, 7) is 6.66. The number of nitrogens with zero attached hydrogens (tertiary/aromatic N) is 1. The van der Waals surface area contributed by atoms with Crippen molar-refractivity contribution in [3.8, 4) is 0 Å². The standard InChI is InChI=1S/C17H27BrN4O2/c1-4-19-17(20-9-5-11-24-3)21-10-8-16(23)22-15-7-6-14(18)12-13(15)2/h6-7,12H,4-5,8-11H2,1-3H3,(H,22,23)(H2,19,20,21). The Bertz CT molecular complexity index is 549. The molecular weight excluding hydrogens is 372 g/mol. The minimum Gasteiger partial charge on any atom is -0.385 e. The van der Waals surface area contributed by atoms with Gasteiger partial charge in [0.15, 0.2) is 5.96 Å². The molecule has 1 aromatic carbocycles. The van der Waals surface area contributed by atoms with E-state index in [1.54, 1.807) is 7.11 Å². The SMILES string of the molecule is CCNC(=NCCCOC)NCCC(=O)Nc1ccc(Br)cc1C. The topological polar surface area (TPSA) is 74.8 Å². The molecule has 1 rings (SSSR count). The fourth-order valence-corrected chi connectivity index (χ4v) is 2.49. The number of rotatable bonds is 9. The van der Waals surface area contributed by atoms with Gasteiger partial charge in [0.2, 0.25) is 5.91 Å². The number of benzene rings is 1. The van der Waals surface area contributed by atoms with Crippen LogP contribution in [0.2, 0.25) is 0 Å². The number of halogens is 1. The van der Waals surface area contributed by atoms with Crippen molar-refractivity contribution in [2.75, 3.05) is 38.7 Å². The summed E-state index contributed by atoms with van der Waals surface area (Å²) < 4.78 is 6.00. The van der Waals surface area contributed by atoms with Crippen molar-refractivity contribution in [2.45, 2.75) is 26.7 Å². The molecule has 0 fully saturated rings. The van der Waals surface area contributed by atoms with Crippen LogP contribution >= 0.6 is 15.9 Å². The summed E-state index contributed by atoms with van der Waals surface area (Å²) in [6.07, 6.45) is 1.24. The molecular formula is C17H27BrN4O2. The van der Waals surface area contributed by atoms with Crippen LogP contribution in [0.1, 0.15) is 25.3 Å². The van der Waals surface area contributed by atoms with E-state index in [2.05, 4.69) is 36.9 Å². The van der Waals surface area contributed by atoms with Crippen LogP contribution in [0.5, 0.6) is 0 Å². The van der Waals surface area contributed by atoms with Gasteiger partial charge in [0.1, 0.15) is 0 Å². The molecule has 0 aliphatic carbocycles. The fraction of sp³-hybridized carbons (Fsp3) is 0.529. The molecule has 3 N–H and O–H groups in total. The summed E-state index contributed by atoms with van der Waals surface area (Å²) in [4.78, 5) is 16.5. The van der Waals surface area contributed by atoms with Crippen LogP contribution in [0, 0.1) is 6.92 Å². The van der Waals surface area contributed by atoms with Gasteiger partial charge in [-0.1, -0.05) is 15.9 Å². The highest BCUT2D eigenvalue weighted by Crippen LogP contribution is 2.19. The van der Waals surface area contributed by atoms with Crippen molar-refractivity contribution in [2.24, 2.45) is 4.99 Å². The van der Waals surface area contributed by atoms with Crippen molar-refractivity contribution < 1.29 is 9.53 Å². The highest BCUT2D eigenvalue weighted by atomic mass is 79.9. The first-order chi connectivity index (χ1) is 11.6. The molecule has 0 spiro atoms. The van der Waals surface area contributed by atoms with Crippen molar-refractivity contribution in [1.29, 1.82) is 0 Å². The Balaban J connectivity index is 2.38. The van der Waals surface area contributed by atoms with Crippen LogP contribution in [0.3, 0.4) is 0 Å². The molecule has 0 bridgehead atoms. The van der Waals surface area contributed by atoms with Crippen molar-refractivity contribution in [3.63, 3.8) is 0 Å². The maximum Gasteiger partial charge on any atom is 0.226 e. The van der Waals surface area contributed by atoms with Crippen LogP contribution < -0.4 is 16.0 Å². The van der Waals surface area contributed by atoms with Gasteiger partial charge in [-0.15, -0.1) is 0 Å². The Morgan fingerprint density at radius 3 is 2.79 bits per heavy atom. The average Bonchev–Trinajstić information content (AvgIpc) is 2.54. The second-order valence-corrected chi connectivity index (χ2v) is 6.21. The molecule has 7 heteroatoms. The van der Waals surface area contributed by atoms with Crippen LogP contribution in [0.15, 0.2) is 27.7 Å². The highest BCUT2D eigenvalue weighted by molar-refractivity contribution is 9.10. The number of methoxy groups -OCH3 is 1. The zero-order valence-corrected chi connectivity index (χ0v) is 16.2. The lowest BCUT2D eigenvalue weighted by Crippen LogP contribution is -2.38. The highest BCUT2D eigenvalue weighted by Gasteiger charge is 2.06. The summed E-state index contributed by atoms with van der Waals surface area (Å²) >= 11 is 3.41. The van der Waals surface area contributed by atoms with Crippen LogP contribution in [0.25, 0.3) is 0 Å². The van der Waals surface area contributed by atoms with E-state index in [4.69, 9.17) is 4.74 Å². The Morgan fingerprint density at radius 1 is 1.33 bits per heavy atom. The van der Waals surface area contributed by atoms with Crippen molar-refractivity contribution >= 4 is 33.5 Å². The van der Waals surface area contributed by atoms with E-state index in [1.165, 1.54) is 0 Å². The minimum absolute atomic E-state index is 0.0249. The Kier molecular flexibility index (Phi) is 10.1. The number of guanidine groups is 1. The molecule has 0 radical (unpaired) electrons. The van der Waals surface area contributed by atoms with E-state index in [0.717, 1.165) is 34.6 Å². The maximum absolute atomic E-state index is 12.0. The molecule has 24 heavy (non-hydrogen) atoms. The predicted octanol–water partition coefficient (Wildman–Crippen LogP) is 2.68. The van der Waals surface area contributed by atoms with Crippen LogP contribution in [0.4, 0.5) is 5.69 Å². The number of hydrogen-bond acceptors (Lipinski definition) is 3. The van der Waals surface area contributed by atoms with Gasteiger partial charge >= 0.3 is 0 Å². The third-order valence-electron chi connectivity index (χ3n) is 3.23. The lowest BCUT2D eigenvalue weighted by molar-refractivity contribution is -0.116. The number of aryl methyl sites for hydroxylation is 1. The van der Waals surface area contributed by atoms with E-state index < -0.39 is 0 Å². The first-order valence-corrected chi connectivity index (χ1v) is 8.93. The van der Waals surface area contributed by atoms with Gasteiger partial charge in [-0.2, -0.15) is 0 Å². The zero-order valence-electron chi connectivity index (χ0n) is 14.6. The van der Waals surface area contributed by atoms with E-state index in [1.807, 2.05) is 32.0 Å². The Labute approximate surface area is 152 Å². The van der Waals surface area contributed by atoms with Crippen LogP contribution in [-0.2, 0) is 9.53 Å². The molecule has 1 amide bonds. The van der Waals surface area contributed by atoms with E-state index >= 15 is 0 Å². The molecule has 0 saturated heterocycles. The Morgan fingerprint density at radius 2 is 2.12 bits per heavy atom. The number of aliphatic imine (C=N–C) groups is 1. The third kappa shape index (κ3) is 8.31. The molecule has 0 aliphatic rings. The predicted molar refractivity (Wildman–Crippen MR) is 103 cm³/mol. The number of amides is 1. The number of carbonyl (C=O) groups is 1. The smallest absolute Gasteiger partial charge is 0.226 e. The normalized spacial score (nSPS) is 11.2. The number of hydrogen-bond donors (Lipinski definition) is 3. The molecule has 0 aromatic heterocycles. The monoisotopic (exact) mass is 398 g/mol. The maximum atomic E-state index is 12.0. The Hall–Kier alpha value is -1.60. The zero-order chi connectivity index (χ0) is 17.8. The summed E-state index contributed by atoms with van der Waals surface area (Å²) in [6, 6.07) is 5.78. The van der Waals surface area contributed by atoms with Crippen LogP contribution in [-0.4, -0.2) is 45.2 Å². The largest absolute Gasteiger partial charge is 0.385 e. The van der Waals surface area contributed by atoms with Crippen molar-refractivity contribution in [1.82, 2.24) is 10.6 Å². The molecule has 1 aromatic rings. The van der Waals surface area contributed by atoms with Gasteiger partial charge < -0.3 is 20.7 Å². The molecule has 6 nitrogen and oxygen atoms in total. The van der Waals surface area contributed by atoms with Gasteiger partial charge in [0.25, 0.3) is 0 Å². The molecule has 134 valence electrons. The molecule has 0 saturated carbocycles. The molecule has 0 heterocycles. The van der Waals surface area contributed by atoms with E-state index in [-0.39, 0.29) is 5.91 Å². The van der Waals surface area contributed by atoms with E-state index in [0.29, 0.717) is 26.1 Å². The number of anilines is 1. The average molecular weight is 399 g/mol. The van der Waals surface area contributed by atoms with Gasteiger partial charge in [-0.05, 0) is 44.0 Å². The van der Waals surface area contributed by atoms with E-state index in [9.17, 15) is 4.79 Å². The summed E-state index contributed by atoms with van der Waals surface area (Å²) in [5.41, 5.74) is 1.86.